The molecule has 244 valence electrons. The minimum absolute atomic E-state index is 0.0510. The Morgan fingerprint density at radius 1 is 0.913 bits per heavy atom. The van der Waals surface area contributed by atoms with Crippen molar-refractivity contribution in [2.45, 2.75) is 54.2 Å². The molecule has 2 N–H and O–H groups in total. The highest BCUT2D eigenvalue weighted by Crippen LogP contribution is 2.49. The Bertz CT molecular complexity index is 1650. The minimum atomic E-state index is -3.60. The number of carboxylic acid groups (broad SMARTS) is 1. The number of aliphatic carboxylic acids is 1. The van der Waals surface area contributed by atoms with Crippen molar-refractivity contribution < 1.29 is 27.8 Å². The van der Waals surface area contributed by atoms with Crippen molar-refractivity contribution in [2.75, 3.05) is 13.3 Å². The molecule has 3 atom stereocenters. The van der Waals surface area contributed by atoms with E-state index in [0.717, 1.165) is 38.2 Å². The quantitative estimate of drug-likeness (QED) is 0.118. The Labute approximate surface area is 274 Å². The molecule has 0 amide bonds. The zero-order valence-electron chi connectivity index (χ0n) is 27.7. The molecule has 0 fully saturated rings. The molecule has 0 spiro atoms. The van der Waals surface area contributed by atoms with Gasteiger partial charge in [-0.1, -0.05) is 105 Å². The molecule has 0 heterocycles. The van der Waals surface area contributed by atoms with E-state index in [9.17, 15) is 18.9 Å². The molecule has 6 nitrogen and oxygen atoms in total. The van der Waals surface area contributed by atoms with Crippen LogP contribution < -0.4 is 15.5 Å². The van der Waals surface area contributed by atoms with Gasteiger partial charge in [-0.2, -0.15) is 0 Å². The first kappa shape index (κ1) is 35.5. The van der Waals surface area contributed by atoms with Crippen LogP contribution in [0.1, 0.15) is 43.0 Å². The second kappa shape index (κ2) is 15.0. The highest BCUT2D eigenvalue weighted by atomic mass is 31.2. The maximum Gasteiger partial charge on any atom is 0.331 e. The van der Waals surface area contributed by atoms with Crippen LogP contribution in [-0.2, 0) is 24.9 Å². The van der Waals surface area contributed by atoms with Crippen molar-refractivity contribution >= 4 is 32.9 Å². The predicted molar refractivity (Wildman–Crippen MR) is 187 cm³/mol. The Balaban J connectivity index is 1.67. The average Bonchev–Trinajstić information content (AvgIpc) is 3.01. The number of hydrogen-bond acceptors (Lipinski definition) is 4. The van der Waals surface area contributed by atoms with Crippen LogP contribution in [0.5, 0.6) is 0 Å². The van der Waals surface area contributed by atoms with Gasteiger partial charge in [0.05, 0.1) is 0 Å². The van der Waals surface area contributed by atoms with E-state index in [0.29, 0.717) is 5.56 Å². The number of benzene rings is 4. The van der Waals surface area contributed by atoms with Gasteiger partial charge >= 0.3 is 5.97 Å². The van der Waals surface area contributed by atoms with E-state index in [1.54, 1.807) is 13.0 Å². The summed E-state index contributed by atoms with van der Waals surface area (Å²) >= 11 is 0. The van der Waals surface area contributed by atoms with E-state index in [1.807, 2.05) is 107 Å². The van der Waals surface area contributed by atoms with Crippen LogP contribution in [0.4, 0.5) is 4.39 Å². The molecule has 0 radical (unpaired) electrons. The van der Waals surface area contributed by atoms with Crippen molar-refractivity contribution in [2.24, 2.45) is 11.3 Å². The summed E-state index contributed by atoms with van der Waals surface area (Å²) in [4.78, 5) is 13.0. The second-order valence-electron chi connectivity index (χ2n) is 13.0. The van der Waals surface area contributed by atoms with Crippen molar-refractivity contribution in [3.05, 3.63) is 119 Å². The van der Waals surface area contributed by atoms with Gasteiger partial charge < -0.3 is 14.1 Å². The monoisotopic (exact) mass is 661 g/mol. The van der Waals surface area contributed by atoms with Gasteiger partial charge in [0, 0.05) is 25.7 Å². The summed E-state index contributed by atoms with van der Waals surface area (Å²) in [6, 6.07) is 28.6. The summed E-state index contributed by atoms with van der Waals surface area (Å²) < 4.78 is 40.9. The minimum Gasteiger partial charge on any atom is -0.479 e. The Morgan fingerprint density at radius 2 is 1.50 bits per heavy atom. The number of halogens is 1. The number of hydrogen-bond donors (Lipinski definition) is 2. The van der Waals surface area contributed by atoms with Gasteiger partial charge in [0.2, 0.25) is 9.04 Å². The number of nitrogens with one attached hydrogen (secondary N) is 1. The van der Waals surface area contributed by atoms with Crippen LogP contribution in [0.25, 0.3) is 11.1 Å². The van der Waals surface area contributed by atoms with Crippen LogP contribution >= 0.6 is 7.52 Å². The molecule has 0 bridgehead atoms. The van der Waals surface area contributed by atoms with E-state index in [1.165, 1.54) is 13.2 Å². The zero-order chi connectivity index (χ0) is 33.6. The van der Waals surface area contributed by atoms with Crippen molar-refractivity contribution in [1.29, 1.82) is 0 Å². The van der Waals surface area contributed by atoms with Crippen LogP contribution in [0.15, 0.2) is 91.0 Å². The second-order valence-corrected chi connectivity index (χ2v) is 17.8. The third kappa shape index (κ3) is 8.69. The Morgan fingerprint density at radius 3 is 2.00 bits per heavy atom. The Kier molecular flexibility index (Phi) is 11.6. The summed E-state index contributed by atoms with van der Waals surface area (Å²) in [5.74, 6) is -2.04. The van der Waals surface area contributed by atoms with Gasteiger partial charge in [0.25, 0.3) is 7.52 Å². The molecule has 2 unspecified atom stereocenters. The normalized spacial score (nSPS) is 14.5. The smallest absolute Gasteiger partial charge is 0.331 e. The molecule has 0 aromatic heterocycles. The molecule has 9 heteroatoms. The Hall–Kier alpha value is -3.39. The number of aryl methyl sites for hydroxylation is 3. The van der Waals surface area contributed by atoms with Crippen LogP contribution in [0, 0.1) is 37.9 Å². The first-order chi connectivity index (χ1) is 21.7. The van der Waals surface area contributed by atoms with E-state index in [4.69, 9.17) is 8.95 Å². The third-order valence-electron chi connectivity index (χ3n) is 8.52. The highest BCUT2D eigenvalue weighted by Gasteiger charge is 2.44. The number of carbonyl (C=O) groups is 1. The van der Waals surface area contributed by atoms with Crippen molar-refractivity contribution in [3.8, 4) is 11.1 Å². The predicted octanol–water partition coefficient (Wildman–Crippen LogP) is 7.02. The fraction of sp³-hybridized carbons (Fsp3) is 0.324. The van der Waals surface area contributed by atoms with Gasteiger partial charge in [0.15, 0.2) is 0 Å². The van der Waals surface area contributed by atoms with E-state index >= 15 is 0 Å². The molecular weight excluding hydrogens is 616 g/mol. The fourth-order valence-electron chi connectivity index (χ4n) is 5.86. The standard InChI is InChI=1S/C37H45FNO5PSi/c1-25-20-26(2)32(31(21-25)28-18-19-34(38)27(3)22-28)23-39-45(42,43-7)24-33(37(4,5)6)35(36(40)41)44-46(29-14-10-8-11-15-29)30-16-12-9-13-17-30/h8-22,33,35,46H,23-24H2,1-7H3,(H,39,42)(H,40,41)/t33?,35-,45?/m0/s1. The van der Waals surface area contributed by atoms with E-state index in [-0.39, 0.29) is 18.5 Å². The lowest BCUT2D eigenvalue weighted by molar-refractivity contribution is -0.149. The molecule has 4 aromatic carbocycles. The van der Waals surface area contributed by atoms with E-state index in [2.05, 4.69) is 11.2 Å². The summed E-state index contributed by atoms with van der Waals surface area (Å²) in [5.41, 5.74) is 4.67. The first-order valence-corrected chi connectivity index (χ1v) is 18.9. The molecule has 46 heavy (non-hydrogen) atoms. The lowest BCUT2D eigenvalue weighted by Crippen LogP contribution is -2.53. The number of rotatable bonds is 13. The summed E-state index contributed by atoms with van der Waals surface area (Å²) in [7, 11) is -4.66. The molecule has 0 saturated carbocycles. The van der Waals surface area contributed by atoms with Gasteiger partial charge in [-0.25, -0.2) is 14.3 Å². The fourth-order valence-corrected chi connectivity index (χ4v) is 10.4. The maximum atomic E-state index is 14.5. The zero-order valence-corrected chi connectivity index (χ0v) is 29.8. The van der Waals surface area contributed by atoms with Crippen LogP contribution in [0.2, 0.25) is 0 Å². The van der Waals surface area contributed by atoms with Gasteiger partial charge in [-0.3, -0.25) is 4.57 Å². The molecule has 0 aliphatic carbocycles. The van der Waals surface area contributed by atoms with Crippen LogP contribution in [0.3, 0.4) is 0 Å². The lowest BCUT2D eigenvalue weighted by Gasteiger charge is -2.38. The molecule has 0 aliphatic rings. The summed E-state index contributed by atoms with van der Waals surface area (Å²) in [6.07, 6.45) is -1.29. The maximum absolute atomic E-state index is 14.5. The van der Waals surface area contributed by atoms with Gasteiger partial charge in [-0.05, 0) is 76.5 Å². The van der Waals surface area contributed by atoms with Gasteiger partial charge in [0.1, 0.15) is 11.9 Å². The van der Waals surface area contributed by atoms with Gasteiger partial charge in [-0.15, -0.1) is 0 Å². The molecule has 4 aromatic rings. The highest BCUT2D eigenvalue weighted by molar-refractivity contribution is 7.56. The van der Waals surface area contributed by atoms with Crippen molar-refractivity contribution in [1.82, 2.24) is 5.09 Å². The van der Waals surface area contributed by atoms with Crippen molar-refractivity contribution in [3.63, 3.8) is 0 Å². The number of carboxylic acids is 1. The molecular formula is C37H45FNO5PSi. The third-order valence-corrected chi connectivity index (χ3v) is 13.2. The van der Waals surface area contributed by atoms with Crippen LogP contribution in [-0.4, -0.2) is 39.5 Å². The van der Waals surface area contributed by atoms with E-state index < -0.39 is 40.0 Å². The molecule has 0 saturated heterocycles. The molecule has 0 aliphatic heterocycles. The first-order valence-electron chi connectivity index (χ1n) is 15.5. The largest absolute Gasteiger partial charge is 0.479 e. The molecule has 4 rings (SSSR count). The average molecular weight is 662 g/mol. The SMILES string of the molecule is COP(=O)(CC([C@H](O[SiH](c1ccccc1)c1ccccc1)C(=O)O)C(C)(C)C)NCc1c(C)cc(C)cc1-c1ccc(F)c(C)c1. The summed E-state index contributed by atoms with van der Waals surface area (Å²) in [5, 5.41) is 15.7. The summed E-state index contributed by atoms with van der Waals surface area (Å²) in [6.45, 7) is 11.8. The topological polar surface area (TPSA) is 84.9 Å². The lowest BCUT2D eigenvalue weighted by atomic mass is 9.78.